The van der Waals surface area contributed by atoms with Gasteiger partial charge >= 0.3 is 0 Å². The van der Waals surface area contributed by atoms with Gasteiger partial charge in [0.25, 0.3) is 5.91 Å². The van der Waals surface area contributed by atoms with E-state index in [0.717, 1.165) is 27.6 Å². The smallest absolute Gasteiger partial charge is 0.251 e. The van der Waals surface area contributed by atoms with Crippen molar-refractivity contribution in [1.29, 1.82) is 0 Å². The van der Waals surface area contributed by atoms with Gasteiger partial charge in [0, 0.05) is 29.3 Å². The summed E-state index contributed by atoms with van der Waals surface area (Å²) < 4.78 is 12.8. The van der Waals surface area contributed by atoms with E-state index in [9.17, 15) is 9.35 Å². The SMILES string of the molecule is O=C(NCCC1=c2cc([S+]([O-])CC3CCCC3)ccc2=NC1)c1ccccc1. The summed E-state index contributed by atoms with van der Waals surface area (Å²) in [4.78, 5) is 17.7. The summed E-state index contributed by atoms with van der Waals surface area (Å²) >= 11 is -0.943. The van der Waals surface area contributed by atoms with Crippen LogP contribution >= 0.6 is 0 Å². The Morgan fingerprint density at radius 1 is 1.14 bits per heavy atom. The molecule has 1 atom stereocenters. The summed E-state index contributed by atoms with van der Waals surface area (Å²) in [5, 5.41) is 5.06. The van der Waals surface area contributed by atoms with Crippen LogP contribution in [0.2, 0.25) is 0 Å². The second-order valence-corrected chi connectivity index (χ2v) is 9.13. The zero-order valence-corrected chi connectivity index (χ0v) is 16.8. The molecule has 0 spiro atoms. The first-order valence-electron chi connectivity index (χ1n) is 10.1. The molecule has 1 amide bonds. The number of amides is 1. The molecule has 1 unspecified atom stereocenters. The largest absolute Gasteiger partial charge is 0.611 e. The normalized spacial score (nSPS) is 17.2. The van der Waals surface area contributed by atoms with Crippen LogP contribution < -0.4 is 15.9 Å². The van der Waals surface area contributed by atoms with Crippen molar-refractivity contribution in [1.82, 2.24) is 5.32 Å². The Balaban J connectivity index is 1.42. The Morgan fingerprint density at radius 3 is 2.71 bits per heavy atom. The highest BCUT2D eigenvalue weighted by Crippen LogP contribution is 2.27. The molecule has 28 heavy (non-hydrogen) atoms. The Bertz CT molecular complexity index is 952. The van der Waals surface area contributed by atoms with Gasteiger partial charge in [0.2, 0.25) is 0 Å². The molecule has 2 aromatic rings. The van der Waals surface area contributed by atoms with E-state index in [1.54, 1.807) is 0 Å². The molecule has 1 aliphatic heterocycles. The minimum Gasteiger partial charge on any atom is -0.611 e. The van der Waals surface area contributed by atoms with Gasteiger partial charge in [0.1, 0.15) is 5.75 Å². The first-order valence-corrected chi connectivity index (χ1v) is 11.4. The van der Waals surface area contributed by atoms with Crippen LogP contribution in [0.15, 0.2) is 58.4 Å². The van der Waals surface area contributed by atoms with Crippen LogP contribution in [0, 0.1) is 5.92 Å². The maximum Gasteiger partial charge on any atom is 0.251 e. The quantitative estimate of drug-likeness (QED) is 0.734. The maximum atomic E-state index is 12.8. The molecule has 1 heterocycles. The number of nitrogens with zero attached hydrogens (tertiary/aromatic N) is 1. The molecule has 5 heteroatoms. The average Bonchev–Trinajstić information content (AvgIpc) is 3.38. The van der Waals surface area contributed by atoms with Crippen LogP contribution in [0.4, 0.5) is 0 Å². The van der Waals surface area contributed by atoms with Crippen molar-refractivity contribution in [3.63, 3.8) is 0 Å². The first-order chi connectivity index (χ1) is 13.7. The molecule has 2 aromatic carbocycles. The van der Waals surface area contributed by atoms with Crippen molar-refractivity contribution in [3.05, 3.63) is 64.7 Å². The molecular formula is C23H26N2O2S. The van der Waals surface area contributed by atoms with Crippen LogP contribution in [0.5, 0.6) is 0 Å². The Kier molecular flexibility index (Phi) is 6.13. The highest BCUT2D eigenvalue weighted by Gasteiger charge is 2.23. The maximum absolute atomic E-state index is 12.8. The second-order valence-electron chi connectivity index (χ2n) is 7.63. The summed E-state index contributed by atoms with van der Waals surface area (Å²) in [6.07, 6.45) is 5.73. The zero-order valence-electron chi connectivity index (χ0n) is 16.0. The summed E-state index contributed by atoms with van der Waals surface area (Å²) in [7, 11) is 0. The van der Waals surface area contributed by atoms with Gasteiger partial charge in [0.15, 0.2) is 4.90 Å². The van der Waals surface area contributed by atoms with Crippen LogP contribution in [0.1, 0.15) is 42.5 Å². The van der Waals surface area contributed by atoms with Crippen molar-refractivity contribution in [2.24, 2.45) is 10.9 Å². The lowest BCUT2D eigenvalue weighted by Crippen LogP contribution is -2.28. The Hall–Kier alpha value is -2.11. The van der Waals surface area contributed by atoms with Crippen LogP contribution in [0.25, 0.3) is 5.57 Å². The number of carbonyl (C=O) groups is 1. The minimum absolute atomic E-state index is 0.0530. The molecule has 2 aliphatic rings. The topological polar surface area (TPSA) is 64.5 Å². The highest BCUT2D eigenvalue weighted by molar-refractivity contribution is 7.91. The van der Waals surface area contributed by atoms with Gasteiger partial charge in [-0.05, 0) is 60.3 Å². The number of fused-ring (bicyclic) bond motifs is 1. The molecule has 1 N–H and O–H groups in total. The van der Waals surface area contributed by atoms with E-state index in [-0.39, 0.29) is 5.91 Å². The highest BCUT2D eigenvalue weighted by atomic mass is 32.2. The fourth-order valence-corrected chi connectivity index (χ4v) is 5.49. The van der Waals surface area contributed by atoms with Crippen molar-refractivity contribution >= 4 is 22.7 Å². The van der Waals surface area contributed by atoms with Gasteiger partial charge in [-0.2, -0.15) is 0 Å². The number of benzene rings is 2. The van der Waals surface area contributed by atoms with E-state index in [4.69, 9.17) is 0 Å². The van der Waals surface area contributed by atoms with E-state index in [1.165, 1.54) is 31.3 Å². The van der Waals surface area contributed by atoms with E-state index < -0.39 is 11.2 Å². The molecule has 4 nitrogen and oxygen atoms in total. The van der Waals surface area contributed by atoms with E-state index in [1.807, 2.05) is 42.5 Å². The fourth-order valence-electron chi connectivity index (χ4n) is 4.06. The molecular weight excluding hydrogens is 368 g/mol. The molecule has 4 rings (SSSR count). The Morgan fingerprint density at radius 2 is 1.93 bits per heavy atom. The lowest BCUT2D eigenvalue weighted by molar-refractivity contribution is 0.0954. The molecule has 0 aromatic heterocycles. The average molecular weight is 395 g/mol. The number of nitrogens with one attached hydrogen (secondary N) is 1. The molecule has 1 saturated carbocycles. The molecule has 146 valence electrons. The molecule has 0 radical (unpaired) electrons. The molecule has 1 fully saturated rings. The minimum atomic E-state index is -0.943. The standard InChI is InChI=1S/C23H26N2O2S/c26-23(18-8-2-1-3-9-18)24-13-12-19-15-25-22-11-10-20(14-21(19)22)28(27)16-17-6-4-5-7-17/h1-3,8-11,14,17H,4-7,12-13,15-16H2,(H,24,26). The number of hydrogen-bond donors (Lipinski definition) is 1. The summed E-state index contributed by atoms with van der Waals surface area (Å²) in [5.41, 5.74) is 1.89. The third-order valence-corrected chi connectivity index (χ3v) is 7.22. The predicted octanol–water partition coefficient (Wildman–Crippen LogP) is 2.59. The van der Waals surface area contributed by atoms with Crippen LogP contribution in [-0.2, 0) is 11.2 Å². The van der Waals surface area contributed by atoms with Crippen LogP contribution in [0.3, 0.4) is 0 Å². The third kappa shape index (κ3) is 4.47. The molecule has 0 bridgehead atoms. The van der Waals surface area contributed by atoms with Crippen molar-refractivity contribution in [3.8, 4) is 0 Å². The van der Waals surface area contributed by atoms with E-state index >= 15 is 0 Å². The van der Waals surface area contributed by atoms with Gasteiger partial charge in [-0.1, -0.05) is 31.0 Å². The van der Waals surface area contributed by atoms with Crippen LogP contribution in [-0.4, -0.2) is 29.3 Å². The summed E-state index contributed by atoms with van der Waals surface area (Å²) in [6, 6.07) is 15.3. The molecule has 0 saturated heterocycles. The van der Waals surface area contributed by atoms with E-state index in [0.29, 0.717) is 24.6 Å². The lowest BCUT2D eigenvalue weighted by atomic mass is 10.1. The van der Waals surface area contributed by atoms with Crippen molar-refractivity contribution in [2.75, 3.05) is 18.8 Å². The summed E-state index contributed by atoms with van der Waals surface area (Å²) in [6.45, 7) is 1.24. The predicted molar refractivity (Wildman–Crippen MR) is 112 cm³/mol. The lowest BCUT2D eigenvalue weighted by Gasteiger charge is -2.14. The molecule has 1 aliphatic carbocycles. The fraction of sp³-hybridized carbons (Fsp3) is 0.391. The number of carbonyl (C=O) groups excluding carboxylic acids is 1. The Labute approximate surface area is 169 Å². The van der Waals surface area contributed by atoms with Gasteiger partial charge in [-0.25, -0.2) is 0 Å². The second kappa shape index (κ2) is 8.93. The third-order valence-electron chi connectivity index (χ3n) is 5.66. The monoisotopic (exact) mass is 394 g/mol. The van der Waals surface area contributed by atoms with Gasteiger partial charge < -0.3 is 9.87 Å². The van der Waals surface area contributed by atoms with Crippen molar-refractivity contribution in [2.45, 2.75) is 37.0 Å². The van der Waals surface area contributed by atoms with Gasteiger partial charge in [-0.15, -0.1) is 0 Å². The van der Waals surface area contributed by atoms with Gasteiger partial charge in [0.05, 0.1) is 11.9 Å². The van der Waals surface area contributed by atoms with Gasteiger partial charge in [-0.3, -0.25) is 9.79 Å². The number of rotatable bonds is 7. The van der Waals surface area contributed by atoms with E-state index in [2.05, 4.69) is 16.4 Å². The number of hydrogen-bond acceptors (Lipinski definition) is 3. The summed E-state index contributed by atoms with van der Waals surface area (Å²) in [5.74, 6) is 1.33. The first kappa shape index (κ1) is 19.2. The van der Waals surface area contributed by atoms with Crippen molar-refractivity contribution < 1.29 is 9.35 Å². The zero-order chi connectivity index (χ0) is 19.3.